The van der Waals surface area contributed by atoms with Crippen molar-refractivity contribution in [3.05, 3.63) is 36.5 Å². The van der Waals surface area contributed by atoms with Crippen LogP contribution in [0.15, 0.2) is 36.5 Å². The van der Waals surface area contributed by atoms with Crippen LogP contribution in [0.3, 0.4) is 0 Å². The Balaban J connectivity index is 1.75. The third-order valence-electron chi connectivity index (χ3n) is 4.31. The van der Waals surface area contributed by atoms with E-state index in [9.17, 15) is 9.90 Å². The van der Waals surface area contributed by atoms with Gasteiger partial charge in [-0.05, 0) is 12.8 Å². The van der Waals surface area contributed by atoms with Crippen molar-refractivity contribution in [3.8, 4) is 11.3 Å². The molecule has 1 atom stereocenters. The van der Waals surface area contributed by atoms with Crippen molar-refractivity contribution in [3.63, 3.8) is 0 Å². The molecule has 1 aromatic carbocycles. The fourth-order valence-electron chi connectivity index (χ4n) is 3.04. The van der Waals surface area contributed by atoms with Crippen molar-refractivity contribution >= 4 is 5.91 Å². The number of carbonyl (C=O) groups is 1. The summed E-state index contributed by atoms with van der Waals surface area (Å²) in [5, 5.41) is 20.6. The molecule has 23 heavy (non-hydrogen) atoms. The van der Waals surface area contributed by atoms with Gasteiger partial charge in [-0.1, -0.05) is 48.4 Å². The first-order chi connectivity index (χ1) is 11.3. The molecule has 1 aliphatic rings. The Morgan fingerprint density at radius 1 is 1.30 bits per heavy atom. The van der Waals surface area contributed by atoms with Crippen molar-refractivity contribution in [1.82, 2.24) is 20.3 Å². The van der Waals surface area contributed by atoms with Gasteiger partial charge in [-0.15, -0.1) is 5.10 Å². The first kappa shape index (κ1) is 15.7. The fraction of sp³-hybridized carbons (Fsp3) is 0.471. The number of carbonyl (C=O) groups excluding carboxylic acids is 1. The third kappa shape index (κ3) is 3.76. The van der Waals surface area contributed by atoms with E-state index in [-0.39, 0.29) is 18.6 Å². The van der Waals surface area contributed by atoms with Crippen LogP contribution < -0.4 is 5.32 Å². The normalized spacial score (nSPS) is 16.4. The second-order valence-electron chi connectivity index (χ2n) is 5.97. The van der Waals surface area contributed by atoms with Crippen molar-refractivity contribution in [2.45, 2.75) is 44.2 Å². The molecule has 1 heterocycles. The lowest BCUT2D eigenvalue weighted by Gasteiger charge is -2.19. The zero-order valence-corrected chi connectivity index (χ0v) is 13.1. The Hall–Kier alpha value is -2.21. The average Bonchev–Trinajstić information content (AvgIpc) is 3.25. The highest BCUT2D eigenvalue weighted by Gasteiger charge is 2.25. The molecule has 6 heteroatoms. The number of aliphatic hydroxyl groups is 1. The van der Waals surface area contributed by atoms with E-state index >= 15 is 0 Å². The molecule has 1 amide bonds. The Morgan fingerprint density at radius 2 is 2.04 bits per heavy atom. The van der Waals surface area contributed by atoms with Gasteiger partial charge in [0.25, 0.3) is 0 Å². The number of amides is 1. The Bertz CT molecular complexity index is 635. The molecule has 0 radical (unpaired) electrons. The molecule has 0 saturated heterocycles. The van der Waals surface area contributed by atoms with E-state index in [1.807, 2.05) is 30.3 Å². The summed E-state index contributed by atoms with van der Waals surface area (Å²) in [6.07, 6.45) is 6.49. The van der Waals surface area contributed by atoms with Crippen LogP contribution in [0, 0.1) is 0 Å². The monoisotopic (exact) mass is 314 g/mol. The van der Waals surface area contributed by atoms with Crippen molar-refractivity contribution < 1.29 is 9.90 Å². The van der Waals surface area contributed by atoms with Gasteiger partial charge >= 0.3 is 0 Å². The Morgan fingerprint density at radius 3 is 2.74 bits per heavy atom. The van der Waals surface area contributed by atoms with Crippen LogP contribution in [0.2, 0.25) is 0 Å². The van der Waals surface area contributed by atoms with Crippen molar-refractivity contribution in [2.75, 3.05) is 6.61 Å². The number of nitrogens with zero attached hydrogens (tertiary/aromatic N) is 3. The summed E-state index contributed by atoms with van der Waals surface area (Å²) < 4.78 is 1.56. The number of hydrogen-bond acceptors (Lipinski definition) is 4. The summed E-state index contributed by atoms with van der Waals surface area (Å²) in [6, 6.07) is 9.45. The highest BCUT2D eigenvalue weighted by atomic mass is 16.3. The molecule has 0 aliphatic heterocycles. The van der Waals surface area contributed by atoms with E-state index in [2.05, 4.69) is 15.6 Å². The van der Waals surface area contributed by atoms with E-state index in [0.717, 1.165) is 36.9 Å². The molecule has 3 rings (SSSR count). The SMILES string of the molecule is O=C(NC1CCCC1)C(CCO)n1cc(-c2ccccc2)nn1. The highest BCUT2D eigenvalue weighted by molar-refractivity contribution is 5.80. The zero-order valence-electron chi connectivity index (χ0n) is 13.1. The van der Waals surface area contributed by atoms with Crippen LogP contribution in [0.25, 0.3) is 11.3 Å². The maximum Gasteiger partial charge on any atom is 0.245 e. The second kappa shape index (κ2) is 7.37. The van der Waals surface area contributed by atoms with Gasteiger partial charge in [0.05, 0.1) is 6.20 Å². The van der Waals surface area contributed by atoms with Gasteiger partial charge in [0.15, 0.2) is 0 Å². The summed E-state index contributed by atoms with van der Waals surface area (Å²) in [4.78, 5) is 12.5. The van der Waals surface area contributed by atoms with Crippen LogP contribution in [-0.2, 0) is 4.79 Å². The number of aliphatic hydroxyl groups excluding tert-OH is 1. The maximum absolute atomic E-state index is 12.5. The zero-order chi connectivity index (χ0) is 16.1. The minimum Gasteiger partial charge on any atom is -0.396 e. The summed E-state index contributed by atoms with van der Waals surface area (Å²) >= 11 is 0. The molecule has 0 bridgehead atoms. The lowest BCUT2D eigenvalue weighted by molar-refractivity contribution is -0.125. The summed E-state index contributed by atoms with van der Waals surface area (Å²) in [7, 11) is 0. The molecular formula is C17H22N4O2. The standard InChI is InChI=1S/C17H22N4O2/c22-11-10-16(17(23)18-14-8-4-5-9-14)21-12-15(19-20-21)13-6-2-1-3-7-13/h1-3,6-7,12,14,16,22H,4-5,8-11H2,(H,18,23). The lowest BCUT2D eigenvalue weighted by atomic mass is 10.1. The summed E-state index contributed by atoms with van der Waals surface area (Å²) in [5.41, 5.74) is 1.68. The molecule has 1 fully saturated rings. The molecule has 1 unspecified atom stereocenters. The maximum atomic E-state index is 12.5. The van der Waals surface area contributed by atoms with Gasteiger partial charge < -0.3 is 10.4 Å². The van der Waals surface area contributed by atoms with Crippen molar-refractivity contribution in [2.24, 2.45) is 0 Å². The van der Waals surface area contributed by atoms with E-state index in [4.69, 9.17) is 0 Å². The van der Waals surface area contributed by atoms with Gasteiger partial charge in [0, 0.05) is 24.6 Å². The van der Waals surface area contributed by atoms with E-state index in [1.165, 1.54) is 0 Å². The first-order valence-electron chi connectivity index (χ1n) is 8.16. The predicted octanol–water partition coefficient (Wildman–Crippen LogP) is 1.93. The van der Waals surface area contributed by atoms with Gasteiger partial charge in [-0.2, -0.15) is 0 Å². The summed E-state index contributed by atoms with van der Waals surface area (Å²) in [6.45, 7) is -0.0662. The van der Waals surface area contributed by atoms with Gasteiger partial charge in [-0.3, -0.25) is 4.79 Å². The van der Waals surface area contributed by atoms with Crippen molar-refractivity contribution in [1.29, 1.82) is 0 Å². The Kier molecular flexibility index (Phi) is 5.02. The molecule has 2 N–H and O–H groups in total. The molecule has 0 spiro atoms. The molecule has 122 valence electrons. The topological polar surface area (TPSA) is 80.0 Å². The number of hydrogen-bond donors (Lipinski definition) is 2. The Labute approximate surface area is 135 Å². The molecule has 1 saturated carbocycles. The quantitative estimate of drug-likeness (QED) is 0.854. The second-order valence-corrected chi connectivity index (χ2v) is 5.97. The van der Waals surface area contributed by atoms with Crippen LogP contribution in [0.4, 0.5) is 0 Å². The summed E-state index contributed by atoms with van der Waals surface area (Å²) in [5.74, 6) is -0.0875. The third-order valence-corrected chi connectivity index (χ3v) is 4.31. The average molecular weight is 314 g/mol. The van der Waals surface area contributed by atoms with Gasteiger partial charge in [0.1, 0.15) is 11.7 Å². The van der Waals surface area contributed by atoms with Crippen LogP contribution in [-0.4, -0.2) is 38.7 Å². The van der Waals surface area contributed by atoms with E-state index in [0.29, 0.717) is 6.42 Å². The van der Waals surface area contributed by atoms with Crippen LogP contribution in [0.5, 0.6) is 0 Å². The fourth-order valence-corrected chi connectivity index (χ4v) is 3.04. The number of nitrogens with one attached hydrogen (secondary N) is 1. The number of benzene rings is 1. The minimum absolute atomic E-state index is 0.0662. The number of aromatic nitrogens is 3. The lowest BCUT2D eigenvalue weighted by Crippen LogP contribution is -2.39. The molecule has 2 aromatic rings. The molecular weight excluding hydrogens is 292 g/mol. The predicted molar refractivity (Wildman–Crippen MR) is 86.6 cm³/mol. The van der Waals surface area contributed by atoms with Gasteiger partial charge in [-0.25, -0.2) is 4.68 Å². The first-order valence-corrected chi connectivity index (χ1v) is 8.16. The largest absolute Gasteiger partial charge is 0.396 e. The van der Waals surface area contributed by atoms with Crippen LogP contribution in [0.1, 0.15) is 38.1 Å². The smallest absolute Gasteiger partial charge is 0.245 e. The minimum atomic E-state index is -0.523. The highest BCUT2D eigenvalue weighted by Crippen LogP contribution is 2.21. The van der Waals surface area contributed by atoms with E-state index < -0.39 is 6.04 Å². The molecule has 1 aliphatic carbocycles. The number of rotatable bonds is 6. The molecule has 6 nitrogen and oxygen atoms in total. The van der Waals surface area contributed by atoms with E-state index in [1.54, 1.807) is 10.9 Å². The molecule has 1 aromatic heterocycles. The van der Waals surface area contributed by atoms with Gasteiger partial charge in [0.2, 0.25) is 5.91 Å². The van der Waals surface area contributed by atoms with Crippen LogP contribution >= 0.6 is 0 Å².